The van der Waals surface area contributed by atoms with Crippen molar-refractivity contribution >= 4 is 35.1 Å². The number of carbonyl (C=O) groups is 2. The van der Waals surface area contributed by atoms with Crippen molar-refractivity contribution < 1.29 is 14.3 Å². The summed E-state index contributed by atoms with van der Waals surface area (Å²) in [6, 6.07) is 4.74. The Labute approximate surface area is 163 Å². The molecule has 1 amide bonds. The highest BCUT2D eigenvalue weighted by Gasteiger charge is 2.34. The summed E-state index contributed by atoms with van der Waals surface area (Å²) < 4.78 is 5.46. The number of amides is 1. The Morgan fingerprint density at radius 2 is 1.96 bits per heavy atom. The highest BCUT2D eigenvalue weighted by Crippen LogP contribution is 2.33. The van der Waals surface area contributed by atoms with Gasteiger partial charge < -0.3 is 26.8 Å². The first-order valence-corrected chi connectivity index (χ1v) is 9.04. The normalized spacial score (nSPS) is 20.1. The average molecular weight is 396 g/mol. The van der Waals surface area contributed by atoms with Crippen LogP contribution in [-0.4, -0.2) is 36.1 Å². The second-order valence-corrected chi connectivity index (χ2v) is 7.93. The summed E-state index contributed by atoms with van der Waals surface area (Å²) in [6.45, 7) is 6.00. The fourth-order valence-corrected chi connectivity index (χ4v) is 3.17. The molecule has 1 aliphatic heterocycles. The van der Waals surface area contributed by atoms with Crippen LogP contribution in [0.1, 0.15) is 44.0 Å². The van der Waals surface area contributed by atoms with Crippen molar-refractivity contribution in [3.63, 3.8) is 0 Å². The molecule has 1 heterocycles. The van der Waals surface area contributed by atoms with Crippen molar-refractivity contribution in [3.8, 4) is 0 Å². The molecule has 27 heavy (non-hydrogen) atoms. The van der Waals surface area contributed by atoms with Gasteiger partial charge in [-0.25, -0.2) is 0 Å². The molecule has 1 aromatic carbocycles. The van der Waals surface area contributed by atoms with Gasteiger partial charge in [-0.2, -0.15) is 4.99 Å². The largest absolute Gasteiger partial charge is 0.460 e. The van der Waals surface area contributed by atoms with E-state index in [2.05, 4.69) is 4.99 Å². The first-order chi connectivity index (χ1) is 12.5. The van der Waals surface area contributed by atoms with Gasteiger partial charge in [0.15, 0.2) is 5.96 Å². The molecule has 1 aliphatic rings. The number of guanidine groups is 1. The van der Waals surface area contributed by atoms with Gasteiger partial charge in [-0.15, -0.1) is 0 Å². The van der Waals surface area contributed by atoms with Crippen molar-refractivity contribution in [2.24, 2.45) is 28.1 Å². The Bertz CT molecular complexity index is 756. The molecule has 6 N–H and O–H groups in total. The van der Waals surface area contributed by atoms with Gasteiger partial charge in [0, 0.05) is 12.1 Å². The molecule has 9 heteroatoms. The fraction of sp³-hybridized carbons (Fsp3) is 0.500. The number of piperidine rings is 1. The van der Waals surface area contributed by atoms with Crippen LogP contribution in [0.3, 0.4) is 0 Å². The molecule has 0 bridgehead atoms. The SMILES string of the molecule is CC(C)(C)OC(=O)C1CCN(c2cc(C(=O)N=C(N)N)ccc2Cl)C(N)C1. The Hall–Kier alpha value is -2.32. The lowest BCUT2D eigenvalue weighted by atomic mass is 9.93. The van der Waals surface area contributed by atoms with E-state index in [9.17, 15) is 9.59 Å². The molecule has 2 rings (SSSR count). The Balaban J connectivity index is 2.17. The summed E-state index contributed by atoms with van der Waals surface area (Å²) in [5.74, 6) is -1.41. The third-order valence-corrected chi connectivity index (χ3v) is 4.44. The lowest BCUT2D eigenvalue weighted by molar-refractivity contribution is -0.161. The molecule has 1 fully saturated rings. The second-order valence-electron chi connectivity index (χ2n) is 7.52. The minimum Gasteiger partial charge on any atom is -0.460 e. The molecule has 0 radical (unpaired) electrons. The van der Waals surface area contributed by atoms with E-state index in [0.717, 1.165) is 0 Å². The summed E-state index contributed by atoms with van der Waals surface area (Å²) in [5, 5.41) is 0.447. The molecular weight excluding hydrogens is 370 g/mol. The number of nitrogens with two attached hydrogens (primary N) is 3. The van der Waals surface area contributed by atoms with Crippen molar-refractivity contribution in [3.05, 3.63) is 28.8 Å². The third-order valence-electron chi connectivity index (χ3n) is 4.12. The van der Waals surface area contributed by atoms with Crippen LogP contribution in [0, 0.1) is 5.92 Å². The Kier molecular flexibility index (Phi) is 6.33. The van der Waals surface area contributed by atoms with Crippen LogP contribution in [-0.2, 0) is 9.53 Å². The maximum Gasteiger partial charge on any atom is 0.309 e. The van der Waals surface area contributed by atoms with Crippen LogP contribution in [0.25, 0.3) is 0 Å². The van der Waals surface area contributed by atoms with Gasteiger partial charge in [-0.3, -0.25) is 9.59 Å². The molecule has 148 valence electrons. The molecule has 2 atom stereocenters. The van der Waals surface area contributed by atoms with E-state index >= 15 is 0 Å². The maximum absolute atomic E-state index is 12.3. The van der Waals surface area contributed by atoms with E-state index in [-0.39, 0.29) is 17.8 Å². The van der Waals surface area contributed by atoms with Gasteiger partial charge in [0.05, 0.1) is 22.8 Å². The van der Waals surface area contributed by atoms with Gasteiger partial charge in [0.1, 0.15) is 5.60 Å². The van der Waals surface area contributed by atoms with Crippen molar-refractivity contribution in [1.82, 2.24) is 0 Å². The molecule has 0 spiro atoms. The highest BCUT2D eigenvalue weighted by molar-refractivity contribution is 6.33. The minimum absolute atomic E-state index is 0.250. The van der Waals surface area contributed by atoms with Crippen molar-refractivity contribution in [2.75, 3.05) is 11.4 Å². The lowest BCUT2D eigenvalue weighted by Crippen LogP contribution is -2.50. The van der Waals surface area contributed by atoms with Crippen LogP contribution < -0.4 is 22.1 Å². The smallest absolute Gasteiger partial charge is 0.309 e. The standard InChI is InChI=1S/C18H26ClN5O3/c1-18(2,3)27-16(26)11-6-7-24(14(20)9-11)13-8-10(4-5-12(13)19)15(25)23-17(21)22/h4-5,8,11,14H,6-7,9,20H2,1-3H3,(H4,21,22,23,25). The predicted octanol–water partition coefficient (Wildman–Crippen LogP) is 1.60. The number of nitrogens with zero attached hydrogens (tertiary/aromatic N) is 2. The number of hydrogen-bond acceptors (Lipinski definition) is 5. The summed E-state index contributed by atoms with van der Waals surface area (Å²) in [5.41, 5.74) is 17.2. The van der Waals surface area contributed by atoms with E-state index in [0.29, 0.717) is 35.7 Å². The topological polar surface area (TPSA) is 137 Å². The van der Waals surface area contributed by atoms with Crippen molar-refractivity contribution in [1.29, 1.82) is 0 Å². The van der Waals surface area contributed by atoms with Gasteiger partial charge in [0.25, 0.3) is 5.91 Å². The molecule has 8 nitrogen and oxygen atoms in total. The maximum atomic E-state index is 12.3. The van der Waals surface area contributed by atoms with Crippen molar-refractivity contribution in [2.45, 2.75) is 45.4 Å². The van der Waals surface area contributed by atoms with Gasteiger partial charge in [-0.05, 0) is 51.8 Å². The summed E-state index contributed by atoms with van der Waals surface area (Å²) >= 11 is 6.31. The summed E-state index contributed by atoms with van der Waals surface area (Å²) in [6.07, 6.45) is 0.560. The van der Waals surface area contributed by atoms with Gasteiger partial charge in [0.2, 0.25) is 0 Å². The molecule has 0 aromatic heterocycles. The zero-order chi connectivity index (χ0) is 20.4. The number of rotatable bonds is 3. The molecule has 0 saturated carbocycles. The average Bonchev–Trinajstić information content (AvgIpc) is 2.53. The van der Waals surface area contributed by atoms with Crippen LogP contribution in [0.4, 0.5) is 5.69 Å². The number of halogens is 1. The van der Waals surface area contributed by atoms with Gasteiger partial charge >= 0.3 is 5.97 Å². The van der Waals surface area contributed by atoms with Crippen LogP contribution in [0.2, 0.25) is 5.02 Å². The summed E-state index contributed by atoms with van der Waals surface area (Å²) in [4.78, 5) is 29.8. The van der Waals surface area contributed by atoms with Crippen LogP contribution >= 0.6 is 11.6 Å². The number of esters is 1. The first-order valence-electron chi connectivity index (χ1n) is 8.66. The summed E-state index contributed by atoms with van der Waals surface area (Å²) in [7, 11) is 0. The van der Waals surface area contributed by atoms with Gasteiger partial charge in [-0.1, -0.05) is 11.6 Å². The van der Waals surface area contributed by atoms with E-state index in [4.69, 9.17) is 33.5 Å². The number of benzene rings is 1. The highest BCUT2D eigenvalue weighted by atomic mass is 35.5. The number of ether oxygens (including phenoxy) is 1. The first kappa shape index (κ1) is 21.0. The Morgan fingerprint density at radius 1 is 1.30 bits per heavy atom. The van der Waals surface area contributed by atoms with E-state index < -0.39 is 17.7 Å². The number of anilines is 1. The minimum atomic E-state index is -0.565. The number of aliphatic imine (C=N–C) groups is 1. The molecule has 1 aromatic rings. The molecule has 0 aliphatic carbocycles. The number of hydrogen-bond donors (Lipinski definition) is 3. The zero-order valence-corrected chi connectivity index (χ0v) is 16.5. The fourth-order valence-electron chi connectivity index (χ4n) is 2.94. The molecule has 2 unspecified atom stereocenters. The third kappa shape index (κ3) is 5.58. The zero-order valence-electron chi connectivity index (χ0n) is 15.7. The molecule has 1 saturated heterocycles. The second kappa shape index (κ2) is 8.14. The Morgan fingerprint density at radius 3 is 2.52 bits per heavy atom. The lowest BCUT2D eigenvalue weighted by Gasteiger charge is -2.39. The number of carbonyl (C=O) groups excluding carboxylic acids is 2. The quantitative estimate of drug-likeness (QED) is 0.401. The van der Waals surface area contributed by atoms with Crippen LogP contribution in [0.5, 0.6) is 0 Å². The predicted molar refractivity (Wildman–Crippen MR) is 105 cm³/mol. The van der Waals surface area contributed by atoms with Crippen LogP contribution in [0.15, 0.2) is 23.2 Å². The van der Waals surface area contributed by atoms with E-state index in [1.54, 1.807) is 18.2 Å². The monoisotopic (exact) mass is 395 g/mol. The van der Waals surface area contributed by atoms with E-state index in [1.165, 1.54) is 0 Å². The molecular formula is C18H26ClN5O3. The van der Waals surface area contributed by atoms with E-state index in [1.807, 2.05) is 25.7 Å².